The molecule has 2 saturated heterocycles. The van der Waals surface area contributed by atoms with Crippen molar-refractivity contribution in [2.75, 3.05) is 33.4 Å². The van der Waals surface area contributed by atoms with E-state index in [1.807, 2.05) is 24.3 Å². The van der Waals surface area contributed by atoms with Crippen molar-refractivity contribution in [3.63, 3.8) is 0 Å². The van der Waals surface area contributed by atoms with Gasteiger partial charge in [0, 0.05) is 25.6 Å². The number of carbonyl (C=O) groups excluding carboxylic acids is 1. The number of nitrogens with zero attached hydrogens (tertiary/aromatic N) is 1. The third-order valence-electron chi connectivity index (χ3n) is 4.79. The topological polar surface area (TPSA) is 50.8 Å². The lowest BCUT2D eigenvalue weighted by Gasteiger charge is -2.35. The monoisotopic (exact) mass is 318 g/mol. The summed E-state index contributed by atoms with van der Waals surface area (Å²) in [5.41, 5.74) is 1.15. The average molecular weight is 318 g/mol. The molecular formula is C18H26N2O3. The predicted molar refractivity (Wildman–Crippen MR) is 88.7 cm³/mol. The van der Waals surface area contributed by atoms with E-state index in [4.69, 9.17) is 9.47 Å². The van der Waals surface area contributed by atoms with Gasteiger partial charge in [0.25, 0.3) is 0 Å². The van der Waals surface area contributed by atoms with Gasteiger partial charge in [0.1, 0.15) is 5.75 Å². The van der Waals surface area contributed by atoms with Crippen molar-refractivity contribution < 1.29 is 14.3 Å². The first-order valence-electron chi connectivity index (χ1n) is 8.50. The minimum absolute atomic E-state index is 0.0907. The molecule has 126 valence electrons. The molecule has 5 heteroatoms. The largest absolute Gasteiger partial charge is 0.497 e. The molecule has 2 aliphatic rings. The van der Waals surface area contributed by atoms with Crippen LogP contribution in [-0.4, -0.2) is 56.3 Å². The van der Waals surface area contributed by atoms with Gasteiger partial charge >= 0.3 is 0 Å². The van der Waals surface area contributed by atoms with Crippen LogP contribution in [0.4, 0.5) is 0 Å². The van der Waals surface area contributed by atoms with Gasteiger partial charge in [-0.25, -0.2) is 0 Å². The van der Waals surface area contributed by atoms with Gasteiger partial charge in [-0.3, -0.25) is 9.69 Å². The van der Waals surface area contributed by atoms with Crippen LogP contribution in [0.25, 0.3) is 0 Å². The summed E-state index contributed by atoms with van der Waals surface area (Å²) in [6.07, 6.45) is 3.91. The number of hydrogen-bond donors (Lipinski definition) is 1. The molecule has 2 heterocycles. The van der Waals surface area contributed by atoms with Crippen molar-refractivity contribution in [2.24, 2.45) is 0 Å². The summed E-state index contributed by atoms with van der Waals surface area (Å²) < 4.78 is 11.0. The van der Waals surface area contributed by atoms with Crippen LogP contribution in [0.5, 0.6) is 5.75 Å². The molecule has 0 unspecified atom stereocenters. The van der Waals surface area contributed by atoms with Gasteiger partial charge in [-0.2, -0.15) is 0 Å². The number of morpholine rings is 1. The summed E-state index contributed by atoms with van der Waals surface area (Å²) in [6.45, 7) is 3.55. The number of aryl methyl sites for hydroxylation is 1. The highest BCUT2D eigenvalue weighted by Gasteiger charge is 2.32. The quantitative estimate of drug-likeness (QED) is 0.866. The number of ether oxygens (including phenoxy) is 2. The zero-order valence-corrected chi connectivity index (χ0v) is 13.8. The summed E-state index contributed by atoms with van der Waals surface area (Å²) in [7, 11) is 1.65. The zero-order valence-electron chi connectivity index (χ0n) is 13.8. The molecule has 3 rings (SSSR count). The summed E-state index contributed by atoms with van der Waals surface area (Å²) in [5.74, 6) is 0.931. The van der Waals surface area contributed by atoms with Crippen molar-refractivity contribution >= 4 is 5.91 Å². The fraction of sp³-hybridized carbons (Fsp3) is 0.611. The van der Waals surface area contributed by atoms with Crippen LogP contribution in [0, 0.1) is 0 Å². The maximum atomic E-state index is 12.0. The first kappa shape index (κ1) is 16.3. The lowest BCUT2D eigenvalue weighted by molar-refractivity contribution is -0.122. The van der Waals surface area contributed by atoms with Crippen LogP contribution < -0.4 is 10.1 Å². The normalized spacial score (nSPS) is 24.2. The molecule has 1 aromatic carbocycles. The predicted octanol–water partition coefficient (Wildman–Crippen LogP) is 1.61. The van der Waals surface area contributed by atoms with Gasteiger partial charge in [0.05, 0.1) is 19.8 Å². The molecule has 23 heavy (non-hydrogen) atoms. The van der Waals surface area contributed by atoms with Crippen molar-refractivity contribution in [3.8, 4) is 5.75 Å². The summed E-state index contributed by atoms with van der Waals surface area (Å²) in [4.78, 5) is 14.5. The number of benzene rings is 1. The summed E-state index contributed by atoms with van der Waals surface area (Å²) in [5, 5.41) is 3.01. The molecule has 0 aromatic heterocycles. The van der Waals surface area contributed by atoms with E-state index >= 15 is 0 Å². The third-order valence-corrected chi connectivity index (χ3v) is 4.79. The second-order valence-electron chi connectivity index (χ2n) is 6.40. The third kappa shape index (κ3) is 4.45. The average Bonchev–Trinajstić information content (AvgIpc) is 3.06. The Labute approximate surface area is 137 Å². The fourth-order valence-corrected chi connectivity index (χ4v) is 3.38. The van der Waals surface area contributed by atoms with E-state index in [1.165, 1.54) is 19.4 Å². The van der Waals surface area contributed by atoms with E-state index in [1.54, 1.807) is 7.11 Å². The fourth-order valence-electron chi connectivity index (χ4n) is 3.38. The molecule has 1 N–H and O–H groups in total. The lowest BCUT2D eigenvalue weighted by Crippen LogP contribution is -2.50. The maximum absolute atomic E-state index is 12.0. The molecule has 0 bridgehead atoms. The van der Waals surface area contributed by atoms with Gasteiger partial charge in [-0.15, -0.1) is 0 Å². The molecule has 0 spiro atoms. The van der Waals surface area contributed by atoms with E-state index in [0.29, 0.717) is 19.0 Å². The number of carbonyl (C=O) groups is 1. The second-order valence-corrected chi connectivity index (χ2v) is 6.40. The first-order valence-corrected chi connectivity index (χ1v) is 8.50. The van der Waals surface area contributed by atoms with E-state index in [-0.39, 0.29) is 12.0 Å². The Bertz CT molecular complexity index is 518. The molecule has 2 fully saturated rings. The lowest BCUT2D eigenvalue weighted by atomic mass is 10.1. The van der Waals surface area contributed by atoms with Crippen molar-refractivity contribution in [3.05, 3.63) is 29.8 Å². The molecule has 1 amide bonds. The molecule has 2 aliphatic heterocycles. The highest BCUT2D eigenvalue weighted by atomic mass is 16.5. The van der Waals surface area contributed by atoms with Crippen LogP contribution in [0.3, 0.4) is 0 Å². The minimum atomic E-state index is 0.0907. The molecule has 1 aromatic rings. The van der Waals surface area contributed by atoms with Crippen molar-refractivity contribution in [1.29, 1.82) is 0 Å². The number of methoxy groups -OCH3 is 1. The highest BCUT2D eigenvalue weighted by molar-refractivity contribution is 5.76. The Morgan fingerprint density at radius 3 is 3.00 bits per heavy atom. The molecular weight excluding hydrogens is 292 g/mol. The van der Waals surface area contributed by atoms with Gasteiger partial charge in [0.15, 0.2) is 0 Å². The Balaban J connectivity index is 1.36. The van der Waals surface area contributed by atoms with Crippen molar-refractivity contribution in [1.82, 2.24) is 10.2 Å². The van der Waals surface area contributed by atoms with Crippen LogP contribution in [0.2, 0.25) is 0 Å². The standard InChI is InChI=1S/C18H26N2O3/c1-22-16-7-4-14(5-8-16)6-9-18(21)19-11-17-12-20-10-2-3-15(20)13-23-17/h4-5,7-8,15,17H,2-3,6,9-13H2,1H3,(H,19,21)/t15-,17-/m0/s1. The summed E-state index contributed by atoms with van der Waals surface area (Å²) in [6, 6.07) is 8.47. The molecule has 5 nitrogen and oxygen atoms in total. The Kier molecular flexibility index (Phi) is 5.51. The Morgan fingerprint density at radius 1 is 1.39 bits per heavy atom. The number of hydrogen-bond acceptors (Lipinski definition) is 4. The smallest absolute Gasteiger partial charge is 0.220 e. The van der Waals surface area contributed by atoms with E-state index in [2.05, 4.69) is 10.2 Å². The second kappa shape index (κ2) is 7.79. The number of nitrogens with one attached hydrogen (secondary N) is 1. The minimum Gasteiger partial charge on any atom is -0.497 e. The Morgan fingerprint density at radius 2 is 2.22 bits per heavy atom. The maximum Gasteiger partial charge on any atom is 0.220 e. The van der Waals surface area contributed by atoms with Crippen LogP contribution in [-0.2, 0) is 16.0 Å². The van der Waals surface area contributed by atoms with Crippen LogP contribution in [0.1, 0.15) is 24.8 Å². The van der Waals surface area contributed by atoms with Gasteiger partial charge < -0.3 is 14.8 Å². The summed E-state index contributed by atoms with van der Waals surface area (Å²) >= 11 is 0. The van der Waals surface area contributed by atoms with Gasteiger partial charge in [-0.05, 0) is 43.5 Å². The molecule has 2 atom stereocenters. The molecule has 0 aliphatic carbocycles. The zero-order chi connectivity index (χ0) is 16.1. The number of amides is 1. The SMILES string of the molecule is COc1ccc(CCC(=O)NC[C@H]2CN3CCC[C@H]3CO2)cc1. The van der Waals surface area contributed by atoms with Gasteiger partial charge in [-0.1, -0.05) is 12.1 Å². The molecule has 0 radical (unpaired) electrons. The number of rotatable bonds is 6. The highest BCUT2D eigenvalue weighted by Crippen LogP contribution is 2.22. The molecule has 0 saturated carbocycles. The van der Waals surface area contributed by atoms with E-state index in [9.17, 15) is 4.79 Å². The van der Waals surface area contributed by atoms with Crippen LogP contribution >= 0.6 is 0 Å². The van der Waals surface area contributed by atoms with E-state index < -0.39 is 0 Å². The van der Waals surface area contributed by atoms with Crippen LogP contribution in [0.15, 0.2) is 24.3 Å². The Hall–Kier alpha value is -1.59. The first-order chi connectivity index (χ1) is 11.2. The number of fused-ring (bicyclic) bond motifs is 1. The van der Waals surface area contributed by atoms with E-state index in [0.717, 1.165) is 30.9 Å². The van der Waals surface area contributed by atoms with Crippen molar-refractivity contribution in [2.45, 2.75) is 37.8 Å². The van der Waals surface area contributed by atoms with Gasteiger partial charge in [0.2, 0.25) is 5.91 Å².